The Bertz CT molecular complexity index is 1270. The van der Waals surface area contributed by atoms with Crippen LogP contribution in [0.3, 0.4) is 0 Å². The number of nitrogens with one attached hydrogen (secondary N) is 1. The third-order valence-electron chi connectivity index (χ3n) is 4.74. The standard InChI is InChI=1S/C23H22N6O3S/c1-15-7-9-17(10-8-15)23-26-28-29(27-23)12-22(31)32-13-18-14-33-21(24-18)11-20(30)25-19-6-4-3-5-16(19)2/h3-10,14H,11-13H2,1-2H3,(H,25,30). The summed E-state index contributed by atoms with van der Waals surface area (Å²) in [6, 6.07) is 15.3. The van der Waals surface area contributed by atoms with Crippen LogP contribution >= 0.6 is 11.3 Å². The van der Waals surface area contributed by atoms with Gasteiger partial charge in [0.1, 0.15) is 11.6 Å². The fraction of sp³-hybridized carbons (Fsp3) is 0.217. The van der Waals surface area contributed by atoms with Gasteiger partial charge >= 0.3 is 5.97 Å². The first-order valence-electron chi connectivity index (χ1n) is 10.3. The number of ether oxygens (including phenoxy) is 1. The lowest BCUT2D eigenvalue weighted by Crippen LogP contribution is -2.16. The molecular weight excluding hydrogens is 440 g/mol. The lowest BCUT2D eigenvalue weighted by Gasteiger charge is -2.06. The number of rotatable bonds is 8. The molecule has 2 heterocycles. The van der Waals surface area contributed by atoms with Crippen molar-refractivity contribution < 1.29 is 14.3 Å². The smallest absolute Gasteiger partial charge is 0.330 e. The van der Waals surface area contributed by atoms with Crippen LogP contribution in [0.1, 0.15) is 21.8 Å². The summed E-state index contributed by atoms with van der Waals surface area (Å²) < 4.78 is 5.27. The third-order valence-corrected chi connectivity index (χ3v) is 5.64. The number of amides is 1. The second-order valence-corrected chi connectivity index (χ2v) is 8.39. The van der Waals surface area contributed by atoms with E-state index in [1.165, 1.54) is 16.1 Å². The molecule has 0 aliphatic rings. The molecule has 2 aromatic heterocycles. The maximum Gasteiger partial charge on any atom is 0.330 e. The zero-order chi connectivity index (χ0) is 23.2. The Balaban J connectivity index is 1.25. The summed E-state index contributed by atoms with van der Waals surface area (Å²) in [5.74, 6) is -0.213. The molecule has 0 saturated carbocycles. The van der Waals surface area contributed by atoms with Gasteiger partial charge in [-0.3, -0.25) is 4.79 Å². The number of aromatic nitrogens is 5. The molecule has 33 heavy (non-hydrogen) atoms. The van der Waals surface area contributed by atoms with E-state index in [1.807, 2.05) is 62.4 Å². The fourth-order valence-corrected chi connectivity index (χ4v) is 3.76. The molecule has 1 amide bonds. The minimum absolute atomic E-state index is 0.00820. The third kappa shape index (κ3) is 6.07. The van der Waals surface area contributed by atoms with Crippen LogP contribution in [0.25, 0.3) is 11.4 Å². The van der Waals surface area contributed by atoms with Gasteiger partial charge in [0.25, 0.3) is 0 Å². The zero-order valence-electron chi connectivity index (χ0n) is 18.2. The van der Waals surface area contributed by atoms with E-state index in [0.29, 0.717) is 16.5 Å². The van der Waals surface area contributed by atoms with E-state index >= 15 is 0 Å². The van der Waals surface area contributed by atoms with Gasteiger partial charge in [-0.25, -0.2) is 9.78 Å². The summed E-state index contributed by atoms with van der Waals surface area (Å²) >= 11 is 1.35. The monoisotopic (exact) mass is 462 g/mol. The zero-order valence-corrected chi connectivity index (χ0v) is 19.0. The number of tetrazole rings is 1. The Hall–Kier alpha value is -3.92. The van der Waals surface area contributed by atoms with Crippen molar-refractivity contribution in [1.29, 1.82) is 0 Å². The van der Waals surface area contributed by atoms with Gasteiger partial charge in [0, 0.05) is 16.6 Å². The molecule has 0 fully saturated rings. The second kappa shape index (κ2) is 10.1. The van der Waals surface area contributed by atoms with Gasteiger partial charge in [0.15, 0.2) is 6.54 Å². The molecule has 0 aliphatic carbocycles. The van der Waals surface area contributed by atoms with Crippen LogP contribution in [0.4, 0.5) is 5.69 Å². The van der Waals surface area contributed by atoms with E-state index < -0.39 is 5.97 Å². The quantitative estimate of drug-likeness (QED) is 0.400. The first kappa shape index (κ1) is 22.3. The number of esters is 1. The average Bonchev–Trinajstić information content (AvgIpc) is 3.44. The molecule has 0 saturated heterocycles. The number of aryl methyl sites for hydroxylation is 2. The van der Waals surface area contributed by atoms with Crippen molar-refractivity contribution in [3.8, 4) is 11.4 Å². The Morgan fingerprint density at radius 2 is 1.88 bits per heavy atom. The number of benzene rings is 2. The highest BCUT2D eigenvalue weighted by atomic mass is 32.1. The van der Waals surface area contributed by atoms with Crippen molar-refractivity contribution in [3.63, 3.8) is 0 Å². The largest absolute Gasteiger partial charge is 0.458 e. The highest BCUT2D eigenvalue weighted by molar-refractivity contribution is 7.09. The molecule has 0 radical (unpaired) electrons. The summed E-state index contributed by atoms with van der Waals surface area (Å²) in [4.78, 5) is 30.0. The second-order valence-electron chi connectivity index (χ2n) is 7.44. The van der Waals surface area contributed by atoms with Crippen LogP contribution in [0.2, 0.25) is 0 Å². The number of carbonyl (C=O) groups excluding carboxylic acids is 2. The molecule has 0 bridgehead atoms. The highest BCUT2D eigenvalue weighted by Gasteiger charge is 2.13. The molecule has 9 nitrogen and oxygen atoms in total. The number of carbonyl (C=O) groups is 2. The van der Waals surface area contributed by atoms with Crippen LogP contribution in [0.5, 0.6) is 0 Å². The maximum atomic E-state index is 12.3. The maximum absolute atomic E-state index is 12.3. The molecular formula is C23H22N6O3S. The Kier molecular flexibility index (Phi) is 6.84. The lowest BCUT2D eigenvalue weighted by atomic mass is 10.1. The Morgan fingerprint density at radius 1 is 1.09 bits per heavy atom. The molecule has 10 heteroatoms. The lowest BCUT2D eigenvalue weighted by molar-refractivity contribution is -0.146. The van der Waals surface area contributed by atoms with E-state index in [1.54, 1.807) is 5.38 Å². The SMILES string of the molecule is Cc1ccc(-c2nnn(CC(=O)OCc3csc(CC(=O)Nc4ccccc4C)n3)n2)cc1. The summed E-state index contributed by atoms with van der Waals surface area (Å²) in [5.41, 5.74) is 4.30. The van der Waals surface area contributed by atoms with Crippen molar-refractivity contribution in [2.24, 2.45) is 0 Å². The van der Waals surface area contributed by atoms with Gasteiger partial charge in [-0.05, 0) is 30.7 Å². The summed E-state index contributed by atoms with van der Waals surface area (Å²) in [7, 11) is 0. The molecule has 2 aromatic carbocycles. The van der Waals surface area contributed by atoms with Crippen LogP contribution in [-0.2, 0) is 33.9 Å². The van der Waals surface area contributed by atoms with Gasteiger partial charge in [-0.2, -0.15) is 4.80 Å². The van der Waals surface area contributed by atoms with E-state index in [4.69, 9.17) is 4.74 Å². The molecule has 0 spiro atoms. The van der Waals surface area contributed by atoms with Gasteiger partial charge < -0.3 is 10.1 Å². The van der Waals surface area contributed by atoms with Gasteiger partial charge in [-0.1, -0.05) is 48.0 Å². The molecule has 168 valence electrons. The van der Waals surface area contributed by atoms with Crippen molar-refractivity contribution >= 4 is 28.9 Å². The van der Waals surface area contributed by atoms with E-state index in [-0.39, 0.29) is 25.5 Å². The van der Waals surface area contributed by atoms with E-state index in [2.05, 4.69) is 25.7 Å². The van der Waals surface area contributed by atoms with Gasteiger partial charge in [0.2, 0.25) is 11.7 Å². The predicted molar refractivity (Wildman–Crippen MR) is 123 cm³/mol. The van der Waals surface area contributed by atoms with Crippen LogP contribution in [0.15, 0.2) is 53.9 Å². The molecule has 0 unspecified atom stereocenters. The number of hydrogen-bond donors (Lipinski definition) is 1. The normalized spacial score (nSPS) is 10.7. The average molecular weight is 463 g/mol. The molecule has 0 atom stereocenters. The van der Waals surface area contributed by atoms with Crippen molar-refractivity contribution in [1.82, 2.24) is 25.2 Å². The number of anilines is 1. The van der Waals surface area contributed by atoms with Crippen LogP contribution in [0, 0.1) is 13.8 Å². The first-order chi connectivity index (χ1) is 16.0. The van der Waals surface area contributed by atoms with Crippen molar-refractivity contribution in [3.05, 3.63) is 75.7 Å². The first-order valence-corrected chi connectivity index (χ1v) is 11.1. The summed E-state index contributed by atoms with van der Waals surface area (Å²) in [5, 5.41) is 17.4. The summed E-state index contributed by atoms with van der Waals surface area (Å²) in [6.07, 6.45) is 0.150. The molecule has 4 aromatic rings. The molecule has 4 rings (SSSR count). The predicted octanol–water partition coefficient (Wildman–Crippen LogP) is 3.34. The minimum Gasteiger partial charge on any atom is -0.458 e. The topological polar surface area (TPSA) is 112 Å². The number of hydrogen-bond acceptors (Lipinski definition) is 8. The van der Waals surface area contributed by atoms with Crippen molar-refractivity contribution in [2.75, 3.05) is 5.32 Å². The Labute approximate surface area is 194 Å². The van der Waals surface area contributed by atoms with Crippen LogP contribution in [-0.4, -0.2) is 37.1 Å². The number of nitrogens with zero attached hydrogens (tertiary/aromatic N) is 5. The van der Waals surface area contributed by atoms with Crippen LogP contribution < -0.4 is 5.32 Å². The van der Waals surface area contributed by atoms with E-state index in [0.717, 1.165) is 22.4 Å². The summed E-state index contributed by atoms with van der Waals surface area (Å²) in [6.45, 7) is 3.78. The Morgan fingerprint density at radius 3 is 2.67 bits per heavy atom. The fourth-order valence-electron chi connectivity index (χ4n) is 2.99. The number of thiazole rings is 1. The van der Waals surface area contributed by atoms with Crippen molar-refractivity contribution in [2.45, 2.75) is 33.4 Å². The highest BCUT2D eigenvalue weighted by Crippen LogP contribution is 2.16. The molecule has 0 aliphatic heterocycles. The molecule has 1 N–H and O–H groups in total. The van der Waals surface area contributed by atoms with Gasteiger partial charge in [-0.15, -0.1) is 21.5 Å². The number of para-hydroxylation sites is 1. The van der Waals surface area contributed by atoms with Gasteiger partial charge in [0.05, 0.1) is 12.1 Å². The van der Waals surface area contributed by atoms with E-state index in [9.17, 15) is 9.59 Å². The minimum atomic E-state index is -0.505.